The van der Waals surface area contributed by atoms with Crippen molar-refractivity contribution in [2.45, 2.75) is 20.3 Å². The molecule has 0 atom stereocenters. The van der Waals surface area contributed by atoms with Crippen molar-refractivity contribution in [3.05, 3.63) is 82.7 Å². The Morgan fingerprint density at radius 3 is 2.35 bits per heavy atom. The minimum absolute atomic E-state index is 0.139. The van der Waals surface area contributed by atoms with Crippen LogP contribution in [-0.4, -0.2) is 20.8 Å². The molecule has 0 bridgehead atoms. The van der Waals surface area contributed by atoms with Crippen LogP contribution in [0, 0.1) is 13.8 Å². The first-order chi connectivity index (χ1) is 11.1. The lowest BCUT2D eigenvalue weighted by atomic mass is 10.0. The molecule has 1 aromatic heterocycles. The number of hydrogen-bond donors (Lipinski definition) is 1. The average molecular weight is 306 g/mol. The Kier molecular flexibility index (Phi) is 3.98. The van der Waals surface area contributed by atoms with Gasteiger partial charge in [0.2, 0.25) is 0 Å². The fourth-order valence-electron chi connectivity index (χ4n) is 2.65. The topological polar surface area (TPSA) is 55.1 Å². The predicted molar refractivity (Wildman–Crippen MR) is 88.8 cm³/mol. The second-order valence-corrected chi connectivity index (χ2v) is 5.58. The second-order valence-electron chi connectivity index (χ2n) is 5.58. The van der Waals surface area contributed by atoms with Gasteiger partial charge >= 0.3 is 0 Å². The summed E-state index contributed by atoms with van der Waals surface area (Å²) in [6, 6.07) is 16.3. The normalized spacial score (nSPS) is 10.7. The van der Waals surface area contributed by atoms with E-state index < -0.39 is 0 Å². The monoisotopic (exact) mass is 306 g/mol. The molecule has 4 heteroatoms. The second kappa shape index (κ2) is 6.08. The SMILES string of the molecule is Cc1nn(C(=O)c2ccc(O)cc2)c(C)c1Cc1ccccc1. The maximum Gasteiger partial charge on any atom is 0.278 e. The van der Waals surface area contributed by atoms with E-state index in [4.69, 9.17) is 0 Å². The summed E-state index contributed by atoms with van der Waals surface area (Å²) >= 11 is 0. The Hall–Kier alpha value is -2.88. The summed E-state index contributed by atoms with van der Waals surface area (Å²) in [6.45, 7) is 3.84. The van der Waals surface area contributed by atoms with E-state index in [1.54, 1.807) is 12.1 Å². The zero-order valence-electron chi connectivity index (χ0n) is 13.2. The zero-order valence-corrected chi connectivity index (χ0v) is 13.2. The molecule has 0 aliphatic rings. The van der Waals surface area contributed by atoms with E-state index >= 15 is 0 Å². The Balaban J connectivity index is 1.94. The van der Waals surface area contributed by atoms with Crippen molar-refractivity contribution in [2.75, 3.05) is 0 Å². The summed E-state index contributed by atoms with van der Waals surface area (Å²) in [4.78, 5) is 12.6. The van der Waals surface area contributed by atoms with Crippen LogP contribution in [0.1, 0.15) is 32.9 Å². The van der Waals surface area contributed by atoms with E-state index in [1.165, 1.54) is 22.4 Å². The van der Waals surface area contributed by atoms with Crippen molar-refractivity contribution in [3.8, 4) is 5.75 Å². The van der Waals surface area contributed by atoms with E-state index in [0.29, 0.717) is 5.56 Å². The molecule has 23 heavy (non-hydrogen) atoms. The fourth-order valence-corrected chi connectivity index (χ4v) is 2.65. The Bertz CT molecular complexity index is 834. The number of aryl methyl sites for hydroxylation is 1. The summed E-state index contributed by atoms with van der Waals surface area (Å²) in [7, 11) is 0. The number of carbonyl (C=O) groups excluding carboxylic acids is 1. The van der Waals surface area contributed by atoms with Crippen LogP contribution in [-0.2, 0) is 6.42 Å². The molecule has 0 saturated heterocycles. The first-order valence-corrected chi connectivity index (χ1v) is 7.49. The van der Waals surface area contributed by atoms with Gasteiger partial charge in [0.1, 0.15) is 5.75 Å². The van der Waals surface area contributed by atoms with Crippen molar-refractivity contribution in [3.63, 3.8) is 0 Å². The van der Waals surface area contributed by atoms with Gasteiger partial charge in [0.25, 0.3) is 5.91 Å². The highest BCUT2D eigenvalue weighted by atomic mass is 16.3. The van der Waals surface area contributed by atoms with Crippen molar-refractivity contribution in [1.82, 2.24) is 9.78 Å². The summed E-state index contributed by atoms with van der Waals surface area (Å²) < 4.78 is 1.44. The number of rotatable bonds is 3. The molecule has 3 rings (SSSR count). The van der Waals surface area contributed by atoms with E-state index in [0.717, 1.165) is 23.4 Å². The number of aromatic nitrogens is 2. The molecule has 0 spiro atoms. The summed E-state index contributed by atoms with van der Waals surface area (Å²) in [5, 5.41) is 13.8. The van der Waals surface area contributed by atoms with Crippen LogP contribution < -0.4 is 0 Å². The molecule has 1 N–H and O–H groups in total. The maximum atomic E-state index is 12.6. The van der Waals surface area contributed by atoms with Crippen LogP contribution >= 0.6 is 0 Å². The lowest BCUT2D eigenvalue weighted by Gasteiger charge is -2.05. The van der Waals surface area contributed by atoms with Gasteiger partial charge in [-0.1, -0.05) is 30.3 Å². The van der Waals surface area contributed by atoms with E-state index in [9.17, 15) is 9.90 Å². The number of aromatic hydroxyl groups is 1. The van der Waals surface area contributed by atoms with Crippen LogP contribution in [0.15, 0.2) is 54.6 Å². The smallest absolute Gasteiger partial charge is 0.278 e. The Labute approximate surface area is 135 Å². The molecule has 2 aromatic carbocycles. The minimum Gasteiger partial charge on any atom is -0.508 e. The molecule has 0 fully saturated rings. The number of benzene rings is 2. The standard InChI is InChI=1S/C19H18N2O2/c1-13-18(12-15-6-4-3-5-7-15)14(2)21(20-13)19(23)16-8-10-17(22)11-9-16/h3-11,22H,12H2,1-2H3. The molecule has 116 valence electrons. The van der Waals surface area contributed by atoms with Gasteiger partial charge in [-0.25, -0.2) is 4.68 Å². The van der Waals surface area contributed by atoms with E-state index in [1.807, 2.05) is 32.0 Å². The third-order valence-corrected chi connectivity index (χ3v) is 3.97. The van der Waals surface area contributed by atoms with Gasteiger partial charge in [0, 0.05) is 23.2 Å². The molecule has 1 heterocycles. The quantitative estimate of drug-likeness (QED) is 0.806. The van der Waals surface area contributed by atoms with E-state index in [2.05, 4.69) is 17.2 Å². The van der Waals surface area contributed by atoms with Crippen LogP contribution in [0.2, 0.25) is 0 Å². The third-order valence-electron chi connectivity index (χ3n) is 3.97. The van der Waals surface area contributed by atoms with Crippen molar-refractivity contribution in [2.24, 2.45) is 0 Å². The van der Waals surface area contributed by atoms with Crippen molar-refractivity contribution >= 4 is 5.91 Å². The molecule has 0 unspecified atom stereocenters. The number of phenolic OH excluding ortho intramolecular Hbond substituents is 1. The van der Waals surface area contributed by atoms with Gasteiger partial charge in [-0.3, -0.25) is 4.79 Å². The molecule has 0 radical (unpaired) electrons. The molecule has 0 aliphatic heterocycles. The average Bonchev–Trinajstić information content (AvgIpc) is 2.84. The Morgan fingerprint density at radius 1 is 1.04 bits per heavy atom. The van der Waals surface area contributed by atoms with Gasteiger partial charge in [-0.2, -0.15) is 5.10 Å². The third kappa shape index (κ3) is 3.01. The van der Waals surface area contributed by atoms with Crippen molar-refractivity contribution < 1.29 is 9.90 Å². The van der Waals surface area contributed by atoms with E-state index in [-0.39, 0.29) is 11.7 Å². The number of carbonyl (C=O) groups is 1. The number of nitrogens with zero attached hydrogens (tertiary/aromatic N) is 2. The molecule has 3 aromatic rings. The molecule has 4 nitrogen and oxygen atoms in total. The molecule has 0 saturated carbocycles. The molecule has 0 aliphatic carbocycles. The predicted octanol–water partition coefficient (Wildman–Crippen LogP) is 3.48. The lowest BCUT2D eigenvalue weighted by Crippen LogP contribution is -2.15. The number of hydrogen-bond acceptors (Lipinski definition) is 3. The first kappa shape index (κ1) is 15.0. The zero-order chi connectivity index (χ0) is 16.4. The molecule has 0 amide bonds. The highest BCUT2D eigenvalue weighted by Crippen LogP contribution is 2.19. The molecular formula is C19H18N2O2. The lowest BCUT2D eigenvalue weighted by molar-refractivity contribution is 0.0942. The van der Waals surface area contributed by atoms with Crippen LogP contribution in [0.4, 0.5) is 0 Å². The van der Waals surface area contributed by atoms with Crippen LogP contribution in [0.5, 0.6) is 5.75 Å². The van der Waals surface area contributed by atoms with Gasteiger partial charge < -0.3 is 5.11 Å². The maximum absolute atomic E-state index is 12.6. The number of phenols is 1. The highest BCUT2D eigenvalue weighted by Gasteiger charge is 2.18. The summed E-state index contributed by atoms with van der Waals surface area (Å²) in [6.07, 6.45) is 0.751. The van der Waals surface area contributed by atoms with Crippen LogP contribution in [0.25, 0.3) is 0 Å². The summed E-state index contributed by atoms with van der Waals surface area (Å²) in [5.74, 6) is -0.0513. The Morgan fingerprint density at radius 2 is 1.70 bits per heavy atom. The molecular weight excluding hydrogens is 288 g/mol. The highest BCUT2D eigenvalue weighted by molar-refractivity contribution is 5.96. The first-order valence-electron chi connectivity index (χ1n) is 7.49. The van der Waals surface area contributed by atoms with Gasteiger partial charge in [-0.15, -0.1) is 0 Å². The fraction of sp³-hybridized carbons (Fsp3) is 0.158. The van der Waals surface area contributed by atoms with Gasteiger partial charge in [-0.05, 0) is 43.7 Å². The minimum atomic E-state index is -0.190. The van der Waals surface area contributed by atoms with Gasteiger partial charge in [0.05, 0.1) is 5.69 Å². The van der Waals surface area contributed by atoms with Crippen LogP contribution in [0.3, 0.4) is 0 Å². The van der Waals surface area contributed by atoms with Gasteiger partial charge in [0.15, 0.2) is 0 Å². The summed E-state index contributed by atoms with van der Waals surface area (Å²) in [5.41, 5.74) is 4.47. The van der Waals surface area contributed by atoms with Crippen molar-refractivity contribution in [1.29, 1.82) is 0 Å². The largest absolute Gasteiger partial charge is 0.508 e.